The van der Waals surface area contributed by atoms with Crippen molar-refractivity contribution in [3.8, 4) is 11.8 Å². The normalized spacial score (nSPS) is 14.6. The molecule has 4 rings (SSSR count). The van der Waals surface area contributed by atoms with Crippen molar-refractivity contribution in [2.45, 2.75) is 38.1 Å². The van der Waals surface area contributed by atoms with Crippen LogP contribution in [0.1, 0.15) is 34.6 Å². The van der Waals surface area contributed by atoms with E-state index in [4.69, 9.17) is 4.74 Å². The van der Waals surface area contributed by atoms with Crippen molar-refractivity contribution in [2.24, 2.45) is 0 Å². The van der Waals surface area contributed by atoms with E-state index in [1.807, 2.05) is 12.1 Å². The summed E-state index contributed by atoms with van der Waals surface area (Å²) in [6, 6.07) is 10.8. The van der Waals surface area contributed by atoms with Gasteiger partial charge >= 0.3 is 6.18 Å². The zero-order valence-corrected chi connectivity index (χ0v) is 18.5. The number of alkyl halides is 3. The van der Waals surface area contributed by atoms with Gasteiger partial charge in [-0.05, 0) is 54.7 Å². The van der Waals surface area contributed by atoms with Gasteiger partial charge in [0.2, 0.25) is 0 Å². The number of carbonyl (C=O) groups is 1. The van der Waals surface area contributed by atoms with Crippen LogP contribution in [0.25, 0.3) is 10.9 Å². The van der Waals surface area contributed by atoms with E-state index in [0.717, 1.165) is 37.0 Å². The van der Waals surface area contributed by atoms with Crippen LogP contribution in [0.2, 0.25) is 0 Å². The van der Waals surface area contributed by atoms with Gasteiger partial charge in [-0.3, -0.25) is 9.78 Å². The molecule has 0 bridgehead atoms. The number of hydrogen-bond donors (Lipinski definition) is 2. The van der Waals surface area contributed by atoms with Crippen molar-refractivity contribution < 1.29 is 22.7 Å². The quantitative estimate of drug-likeness (QED) is 0.401. The highest BCUT2D eigenvalue weighted by Gasteiger charge is 2.29. The molecule has 0 radical (unpaired) electrons. The first kappa shape index (κ1) is 23.8. The molecule has 3 aromatic rings. The average molecular weight is 470 g/mol. The maximum Gasteiger partial charge on any atom is 0.406 e. The summed E-state index contributed by atoms with van der Waals surface area (Å²) in [5.41, 5.74) is 2.79. The van der Waals surface area contributed by atoms with Crippen LogP contribution in [-0.2, 0) is 17.8 Å². The van der Waals surface area contributed by atoms with Gasteiger partial charge in [-0.2, -0.15) is 13.2 Å². The number of aldehydes is 1. The Labute approximate surface area is 195 Å². The molecule has 0 unspecified atom stereocenters. The maximum atomic E-state index is 13.3. The summed E-state index contributed by atoms with van der Waals surface area (Å²) in [7, 11) is 0. The second-order valence-electron chi connectivity index (χ2n) is 8.14. The molecule has 0 atom stereocenters. The molecule has 1 aliphatic heterocycles. The van der Waals surface area contributed by atoms with E-state index >= 15 is 0 Å². The first-order valence-corrected chi connectivity index (χ1v) is 11.1. The molecule has 34 heavy (non-hydrogen) atoms. The van der Waals surface area contributed by atoms with Crippen molar-refractivity contribution in [3.63, 3.8) is 0 Å². The van der Waals surface area contributed by atoms with Crippen LogP contribution >= 0.6 is 0 Å². The Kier molecular flexibility index (Phi) is 7.50. The summed E-state index contributed by atoms with van der Waals surface area (Å²) in [6.07, 6.45) is -0.308. The molecular weight excluding hydrogens is 445 g/mol. The molecule has 2 N–H and O–H groups in total. The van der Waals surface area contributed by atoms with Crippen molar-refractivity contribution in [2.75, 3.05) is 25.1 Å². The van der Waals surface area contributed by atoms with Gasteiger partial charge in [-0.25, -0.2) is 0 Å². The second kappa shape index (κ2) is 10.7. The SMILES string of the molecule is O=Cc1ccc(NCC#Cc2cc3cc(CNC4CCOCC4)ccc3n2CC(F)(F)F)cn1. The van der Waals surface area contributed by atoms with Crippen LogP contribution in [0.3, 0.4) is 0 Å². The number of hydrogen-bond acceptors (Lipinski definition) is 5. The Morgan fingerprint density at radius 3 is 2.71 bits per heavy atom. The molecule has 178 valence electrons. The standard InChI is InChI=1S/C25H25F3N4O2/c26-25(27,28)17-32-23(2-1-9-29-21-4-5-22(16-33)31-15-21)13-19-12-18(3-6-24(19)32)14-30-20-7-10-34-11-8-20/h3-6,12-13,15-16,20,29-30H,7-11,14,17H2. The number of aromatic nitrogens is 2. The monoisotopic (exact) mass is 470 g/mol. The zero-order valence-electron chi connectivity index (χ0n) is 18.5. The van der Waals surface area contributed by atoms with Crippen LogP contribution in [0.5, 0.6) is 0 Å². The number of fused-ring (bicyclic) bond motifs is 1. The molecule has 6 nitrogen and oxygen atoms in total. The summed E-state index contributed by atoms with van der Waals surface area (Å²) < 4.78 is 46.4. The summed E-state index contributed by atoms with van der Waals surface area (Å²) in [4.78, 5) is 14.6. The lowest BCUT2D eigenvalue weighted by Crippen LogP contribution is -2.34. The molecule has 1 aliphatic rings. The fourth-order valence-corrected chi connectivity index (χ4v) is 3.91. The van der Waals surface area contributed by atoms with Crippen molar-refractivity contribution in [1.82, 2.24) is 14.9 Å². The van der Waals surface area contributed by atoms with E-state index in [-0.39, 0.29) is 6.54 Å². The molecule has 1 aromatic carbocycles. The Morgan fingerprint density at radius 2 is 2.00 bits per heavy atom. The number of pyridine rings is 1. The van der Waals surface area contributed by atoms with Gasteiger partial charge in [0.05, 0.1) is 24.1 Å². The maximum absolute atomic E-state index is 13.3. The third-order valence-electron chi connectivity index (χ3n) is 5.62. The number of ether oxygens (including phenoxy) is 1. The number of nitrogens with one attached hydrogen (secondary N) is 2. The van der Waals surface area contributed by atoms with Gasteiger partial charge in [0.1, 0.15) is 12.2 Å². The molecule has 3 heterocycles. The van der Waals surface area contributed by atoms with Crippen molar-refractivity contribution in [3.05, 3.63) is 59.5 Å². The summed E-state index contributed by atoms with van der Waals surface area (Å²) in [6.45, 7) is 1.25. The van der Waals surface area contributed by atoms with E-state index in [9.17, 15) is 18.0 Å². The Hall–Kier alpha value is -3.35. The molecule has 0 amide bonds. The third kappa shape index (κ3) is 6.37. The Morgan fingerprint density at radius 1 is 1.18 bits per heavy atom. The van der Waals surface area contributed by atoms with Crippen LogP contribution in [-0.4, -0.2) is 47.8 Å². The topological polar surface area (TPSA) is 68.2 Å². The molecule has 0 saturated carbocycles. The number of carbonyl (C=O) groups excluding carboxylic acids is 1. The number of halogens is 3. The first-order chi connectivity index (χ1) is 16.4. The predicted molar refractivity (Wildman–Crippen MR) is 124 cm³/mol. The second-order valence-corrected chi connectivity index (χ2v) is 8.14. The minimum atomic E-state index is -4.37. The van der Waals surface area contributed by atoms with Gasteiger partial charge in [0.25, 0.3) is 0 Å². The summed E-state index contributed by atoms with van der Waals surface area (Å²) >= 11 is 0. The summed E-state index contributed by atoms with van der Waals surface area (Å²) in [5.74, 6) is 5.74. The molecule has 1 saturated heterocycles. The molecular formula is C25H25F3N4O2. The minimum absolute atomic E-state index is 0.218. The van der Waals surface area contributed by atoms with E-state index in [2.05, 4.69) is 27.5 Å². The van der Waals surface area contributed by atoms with Crippen molar-refractivity contribution >= 4 is 22.9 Å². The van der Waals surface area contributed by atoms with Crippen LogP contribution in [0.15, 0.2) is 42.6 Å². The lowest BCUT2D eigenvalue weighted by Gasteiger charge is -2.23. The highest BCUT2D eigenvalue weighted by Crippen LogP contribution is 2.26. The Bertz CT molecular complexity index is 1190. The predicted octanol–water partition coefficient (Wildman–Crippen LogP) is 4.14. The van der Waals surface area contributed by atoms with Gasteiger partial charge in [0.15, 0.2) is 6.29 Å². The smallest absolute Gasteiger partial charge is 0.381 e. The number of nitrogens with zero attached hydrogens (tertiary/aromatic N) is 2. The molecule has 0 spiro atoms. The first-order valence-electron chi connectivity index (χ1n) is 11.1. The van der Waals surface area contributed by atoms with Gasteiger partial charge < -0.3 is 19.9 Å². The molecule has 2 aromatic heterocycles. The van der Waals surface area contributed by atoms with Crippen LogP contribution in [0.4, 0.5) is 18.9 Å². The Balaban J connectivity index is 1.50. The zero-order chi connectivity index (χ0) is 24.0. The lowest BCUT2D eigenvalue weighted by atomic mass is 10.1. The van der Waals surface area contributed by atoms with E-state index in [0.29, 0.717) is 41.5 Å². The largest absolute Gasteiger partial charge is 0.406 e. The van der Waals surface area contributed by atoms with Crippen LogP contribution in [0, 0.1) is 11.8 Å². The van der Waals surface area contributed by atoms with Gasteiger partial charge in [-0.15, -0.1) is 0 Å². The van der Waals surface area contributed by atoms with Crippen molar-refractivity contribution in [1.29, 1.82) is 0 Å². The van der Waals surface area contributed by atoms with Gasteiger partial charge in [-0.1, -0.05) is 12.0 Å². The van der Waals surface area contributed by atoms with Crippen LogP contribution < -0.4 is 10.6 Å². The van der Waals surface area contributed by atoms with E-state index in [1.54, 1.807) is 24.3 Å². The fraction of sp³-hybridized carbons (Fsp3) is 0.360. The number of rotatable bonds is 7. The number of benzene rings is 1. The highest BCUT2D eigenvalue weighted by molar-refractivity contribution is 5.83. The molecule has 0 aliphatic carbocycles. The average Bonchev–Trinajstić information content (AvgIpc) is 3.16. The van der Waals surface area contributed by atoms with E-state index < -0.39 is 12.7 Å². The lowest BCUT2D eigenvalue weighted by molar-refractivity contribution is -0.140. The third-order valence-corrected chi connectivity index (χ3v) is 5.62. The van der Waals surface area contributed by atoms with Gasteiger partial charge in [0, 0.05) is 36.7 Å². The molecule has 1 fully saturated rings. The molecule has 9 heteroatoms. The minimum Gasteiger partial charge on any atom is -0.381 e. The van der Waals surface area contributed by atoms with E-state index in [1.165, 1.54) is 10.8 Å². The fourth-order valence-electron chi connectivity index (χ4n) is 3.91. The number of anilines is 1. The highest BCUT2D eigenvalue weighted by atomic mass is 19.4. The summed E-state index contributed by atoms with van der Waals surface area (Å²) in [5, 5.41) is 7.25.